The lowest BCUT2D eigenvalue weighted by molar-refractivity contribution is 0.0342. The highest BCUT2D eigenvalue weighted by Crippen LogP contribution is 2.25. The van der Waals surface area contributed by atoms with E-state index in [2.05, 4.69) is 37.7 Å². The third-order valence-electron chi connectivity index (χ3n) is 3.81. The quantitative estimate of drug-likeness (QED) is 0.765. The van der Waals surface area contributed by atoms with Crippen LogP contribution >= 0.6 is 27.3 Å². The van der Waals surface area contributed by atoms with Crippen LogP contribution in [-0.4, -0.2) is 39.6 Å². The van der Waals surface area contributed by atoms with E-state index >= 15 is 0 Å². The van der Waals surface area contributed by atoms with Gasteiger partial charge in [-0.3, -0.25) is 4.90 Å². The van der Waals surface area contributed by atoms with Crippen LogP contribution in [0.1, 0.15) is 11.1 Å². The first-order valence-electron chi connectivity index (χ1n) is 7.66. The molecule has 1 aliphatic rings. The van der Waals surface area contributed by atoms with Crippen molar-refractivity contribution in [2.24, 2.45) is 0 Å². The van der Waals surface area contributed by atoms with Crippen molar-refractivity contribution in [2.75, 3.05) is 26.3 Å². The number of sulfonamides is 1. The summed E-state index contributed by atoms with van der Waals surface area (Å²) in [6, 6.07) is 11.4. The van der Waals surface area contributed by atoms with Crippen molar-refractivity contribution in [1.82, 2.24) is 9.62 Å². The van der Waals surface area contributed by atoms with Crippen molar-refractivity contribution in [3.05, 3.63) is 51.3 Å². The molecule has 0 spiro atoms. The lowest BCUT2D eigenvalue weighted by Gasteiger charge is -2.26. The van der Waals surface area contributed by atoms with Gasteiger partial charge in [-0.2, -0.15) is 0 Å². The molecule has 0 radical (unpaired) electrons. The van der Waals surface area contributed by atoms with Crippen LogP contribution in [0.15, 0.2) is 44.4 Å². The maximum atomic E-state index is 12.2. The van der Waals surface area contributed by atoms with E-state index in [9.17, 15) is 8.42 Å². The van der Waals surface area contributed by atoms with Crippen molar-refractivity contribution in [3.63, 3.8) is 0 Å². The van der Waals surface area contributed by atoms with Gasteiger partial charge in [-0.15, -0.1) is 11.3 Å². The third kappa shape index (κ3) is 4.87. The summed E-state index contributed by atoms with van der Waals surface area (Å²) in [5.41, 5.74) is 2.17. The Kier molecular flexibility index (Phi) is 6.07. The summed E-state index contributed by atoms with van der Waals surface area (Å²) in [5, 5.41) is 0. The van der Waals surface area contributed by atoms with Crippen LogP contribution in [0.5, 0.6) is 0 Å². The van der Waals surface area contributed by atoms with Crippen LogP contribution in [0.25, 0.3) is 0 Å². The second-order valence-electron chi connectivity index (χ2n) is 5.59. The van der Waals surface area contributed by atoms with Gasteiger partial charge in [-0.25, -0.2) is 13.1 Å². The molecule has 0 aliphatic carbocycles. The molecule has 3 rings (SSSR count). The number of benzene rings is 1. The number of ether oxygens (including phenoxy) is 1. The average Bonchev–Trinajstić information content (AvgIpc) is 3.03. The summed E-state index contributed by atoms with van der Waals surface area (Å²) < 4.78 is 33.5. The van der Waals surface area contributed by atoms with Crippen LogP contribution in [0, 0.1) is 0 Å². The largest absolute Gasteiger partial charge is 0.379 e. The molecule has 0 saturated carbocycles. The van der Waals surface area contributed by atoms with Gasteiger partial charge in [0.1, 0.15) is 4.21 Å². The SMILES string of the molecule is O=S(=O)(NCc1ccc(CN2CCOCC2)cc1)c1ccc(Br)s1. The highest BCUT2D eigenvalue weighted by Gasteiger charge is 2.16. The molecule has 0 bridgehead atoms. The Morgan fingerprint density at radius 3 is 2.38 bits per heavy atom. The monoisotopic (exact) mass is 430 g/mol. The fraction of sp³-hybridized carbons (Fsp3) is 0.375. The topological polar surface area (TPSA) is 58.6 Å². The molecule has 1 saturated heterocycles. The summed E-state index contributed by atoms with van der Waals surface area (Å²) in [4.78, 5) is 2.36. The summed E-state index contributed by atoms with van der Waals surface area (Å²) in [7, 11) is -3.45. The van der Waals surface area contributed by atoms with E-state index < -0.39 is 10.0 Å². The van der Waals surface area contributed by atoms with Crippen LogP contribution < -0.4 is 4.72 Å². The number of hydrogen-bond acceptors (Lipinski definition) is 5. The van der Waals surface area contributed by atoms with Gasteiger partial charge >= 0.3 is 0 Å². The van der Waals surface area contributed by atoms with Gasteiger partial charge in [0, 0.05) is 26.2 Å². The molecule has 0 atom stereocenters. The van der Waals surface area contributed by atoms with Gasteiger partial charge in [0.05, 0.1) is 17.0 Å². The van der Waals surface area contributed by atoms with Gasteiger partial charge < -0.3 is 4.74 Å². The summed E-state index contributed by atoms with van der Waals surface area (Å²) >= 11 is 4.49. The number of halogens is 1. The number of hydrogen-bond donors (Lipinski definition) is 1. The Morgan fingerprint density at radius 2 is 1.75 bits per heavy atom. The van der Waals surface area contributed by atoms with Gasteiger partial charge in [-0.05, 0) is 39.2 Å². The van der Waals surface area contributed by atoms with Crippen molar-refractivity contribution < 1.29 is 13.2 Å². The molecule has 130 valence electrons. The molecule has 0 unspecified atom stereocenters. The molecule has 2 heterocycles. The minimum Gasteiger partial charge on any atom is -0.379 e. The number of rotatable bonds is 6. The molecular formula is C16H19BrN2O3S2. The summed E-state index contributed by atoms with van der Waals surface area (Å²) in [6.45, 7) is 4.68. The first kappa shape index (κ1) is 18.0. The Morgan fingerprint density at radius 1 is 1.08 bits per heavy atom. The number of nitrogens with one attached hydrogen (secondary N) is 1. The van der Waals surface area contributed by atoms with E-state index in [0.29, 0.717) is 4.21 Å². The second-order valence-corrected chi connectivity index (χ2v) is 10.0. The lowest BCUT2D eigenvalue weighted by atomic mass is 10.1. The summed E-state index contributed by atoms with van der Waals surface area (Å²) in [5.74, 6) is 0. The minimum atomic E-state index is -3.45. The van der Waals surface area contributed by atoms with Crippen LogP contribution in [0.3, 0.4) is 0 Å². The van der Waals surface area contributed by atoms with Gasteiger partial charge in [0.2, 0.25) is 10.0 Å². The lowest BCUT2D eigenvalue weighted by Crippen LogP contribution is -2.35. The van der Waals surface area contributed by atoms with Crippen molar-refractivity contribution >= 4 is 37.3 Å². The molecular weight excluding hydrogens is 412 g/mol. The van der Waals surface area contributed by atoms with Crippen LogP contribution in [-0.2, 0) is 27.8 Å². The molecule has 0 amide bonds. The fourth-order valence-corrected chi connectivity index (χ4v) is 5.54. The molecule has 1 fully saturated rings. The smallest absolute Gasteiger partial charge is 0.250 e. The molecule has 5 nitrogen and oxygen atoms in total. The standard InChI is InChI=1S/C16H19BrN2O3S2/c17-15-5-6-16(23-15)24(20,21)18-11-13-1-3-14(4-2-13)12-19-7-9-22-10-8-19/h1-6,18H,7-12H2. The first-order chi connectivity index (χ1) is 11.5. The minimum absolute atomic E-state index is 0.287. The van der Waals surface area contributed by atoms with Gasteiger partial charge in [-0.1, -0.05) is 24.3 Å². The Labute approximate surface area is 154 Å². The second kappa shape index (κ2) is 8.07. The molecule has 2 aromatic rings. The fourth-order valence-electron chi connectivity index (χ4n) is 2.47. The van der Waals surface area contributed by atoms with Crippen molar-refractivity contribution in [2.45, 2.75) is 17.3 Å². The van der Waals surface area contributed by atoms with Crippen molar-refractivity contribution in [1.29, 1.82) is 0 Å². The Balaban J connectivity index is 1.56. The van der Waals surface area contributed by atoms with Crippen molar-refractivity contribution in [3.8, 4) is 0 Å². The highest BCUT2D eigenvalue weighted by atomic mass is 79.9. The van der Waals surface area contributed by atoms with E-state index in [1.54, 1.807) is 12.1 Å². The van der Waals surface area contributed by atoms with E-state index in [4.69, 9.17) is 4.74 Å². The zero-order valence-corrected chi connectivity index (χ0v) is 16.3. The Bertz CT molecular complexity index is 769. The first-order valence-corrected chi connectivity index (χ1v) is 10.8. The summed E-state index contributed by atoms with van der Waals surface area (Å²) in [6.07, 6.45) is 0. The van der Waals surface area contributed by atoms with Gasteiger partial charge in [0.15, 0.2) is 0 Å². The van der Waals surface area contributed by atoms with E-state index in [1.165, 1.54) is 16.9 Å². The number of morpholine rings is 1. The van der Waals surface area contributed by atoms with E-state index in [0.717, 1.165) is 42.2 Å². The van der Waals surface area contributed by atoms with Crippen LogP contribution in [0.4, 0.5) is 0 Å². The maximum Gasteiger partial charge on any atom is 0.250 e. The predicted octanol–water partition coefficient (Wildman–Crippen LogP) is 2.82. The van der Waals surface area contributed by atoms with E-state index in [1.807, 2.05) is 12.1 Å². The molecule has 24 heavy (non-hydrogen) atoms. The molecule has 1 aromatic carbocycles. The molecule has 1 aliphatic heterocycles. The Hall–Kier alpha value is -0.770. The molecule has 8 heteroatoms. The number of thiophene rings is 1. The van der Waals surface area contributed by atoms with Crippen LogP contribution in [0.2, 0.25) is 0 Å². The zero-order valence-electron chi connectivity index (χ0n) is 13.1. The number of nitrogens with zero attached hydrogens (tertiary/aromatic N) is 1. The maximum absolute atomic E-state index is 12.2. The van der Waals surface area contributed by atoms with E-state index in [-0.39, 0.29) is 6.54 Å². The zero-order chi connectivity index (χ0) is 17.0. The predicted molar refractivity (Wildman–Crippen MR) is 98.6 cm³/mol. The average molecular weight is 431 g/mol. The van der Waals surface area contributed by atoms with Gasteiger partial charge in [0.25, 0.3) is 0 Å². The highest BCUT2D eigenvalue weighted by molar-refractivity contribution is 9.11. The third-order valence-corrected chi connectivity index (χ3v) is 7.33. The molecule has 1 aromatic heterocycles. The normalized spacial score (nSPS) is 16.4. The molecule has 1 N–H and O–H groups in total.